The van der Waals surface area contributed by atoms with Gasteiger partial charge in [-0.2, -0.15) is 4.99 Å². The Balaban J connectivity index is 1.47. The van der Waals surface area contributed by atoms with Gasteiger partial charge >= 0.3 is 0 Å². The Labute approximate surface area is 166 Å². The summed E-state index contributed by atoms with van der Waals surface area (Å²) in [5.74, 6) is -0.539. The van der Waals surface area contributed by atoms with Crippen molar-refractivity contribution in [1.82, 2.24) is 14.4 Å². The lowest BCUT2D eigenvalue weighted by Gasteiger charge is -2.36. The van der Waals surface area contributed by atoms with Gasteiger partial charge in [-0.1, -0.05) is 0 Å². The van der Waals surface area contributed by atoms with Crippen molar-refractivity contribution in [2.45, 2.75) is 19.0 Å². The van der Waals surface area contributed by atoms with Gasteiger partial charge in [0.15, 0.2) is 0 Å². The molecule has 10 heteroatoms. The van der Waals surface area contributed by atoms with E-state index in [4.69, 9.17) is 4.74 Å². The second-order valence-corrected chi connectivity index (χ2v) is 7.41. The minimum absolute atomic E-state index is 0.0412. The third-order valence-electron chi connectivity index (χ3n) is 5.40. The summed E-state index contributed by atoms with van der Waals surface area (Å²) in [6.45, 7) is 1.60. The van der Waals surface area contributed by atoms with Crippen molar-refractivity contribution in [3.05, 3.63) is 28.2 Å². The number of piperazine rings is 1. The van der Waals surface area contributed by atoms with Crippen LogP contribution in [0.25, 0.3) is 0 Å². The van der Waals surface area contributed by atoms with E-state index in [1.54, 1.807) is 16.8 Å². The van der Waals surface area contributed by atoms with Crippen molar-refractivity contribution in [2.75, 3.05) is 33.3 Å². The average Bonchev–Trinajstić information content (AvgIpc) is 3.56. The van der Waals surface area contributed by atoms with Crippen molar-refractivity contribution >= 4 is 23.5 Å². The molecular weight excluding hydrogens is 381 g/mol. The molecule has 1 saturated heterocycles. The molecule has 3 heterocycles. The molecule has 2 amide bonds. The highest BCUT2D eigenvalue weighted by molar-refractivity contribution is 6.18. The summed E-state index contributed by atoms with van der Waals surface area (Å²) in [6, 6.07) is 1.29. The summed E-state index contributed by atoms with van der Waals surface area (Å²) in [7, 11) is 2.98. The Morgan fingerprint density at radius 3 is 2.48 bits per heavy atom. The van der Waals surface area contributed by atoms with Crippen molar-refractivity contribution in [3.63, 3.8) is 0 Å². The maximum absolute atomic E-state index is 14.1. The number of rotatable bonds is 3. The van der Waals surface area contributed by atoms with Crippen LogP contribution in [0.4, 0.5) is 4.39 Å². The van der Waals surface area contributed by atoms with Crippen LogP contribution in [-0.4, -0.2) is 77.3 Å². The fourth-order valence-corrected chi connectivity index (χ4v) is 3.52. The zero-order valence-electron chi connectivity index (χ0n) is 16.3. The number of carbonyl (C=O) groups is 2. The Morgan fingerprint density at radius 1 is 1.17 bits per heavy atom. The fraction of sp³-hybridized carbons (Fsp3) is 0.526. The predicted molar refractivity (Wildman–Crippen MR) is 103 cm³/mol. The molecule has 1 aromatic heterocycles. The van der Waals surface area contributed by atoms with E-state index in [0.717, 1.165) is 12.8 Å². The Kier molecular flexibility index (Phi) is 4.93. The van der Waals surface area contributed by atoms with Gasteiger partial charge in [0.1, 0.15) is 5.75 Å². The molecule has 4 rings (SSSR count). The number of methoxy groups -OCH3 is 1. The lowest BCUT2D eigenvalue weighted by molar-refractivity contribution is -0.120. The predicted octanol–water partition coefficient (Wildman–Crippen LogP) is 0.237. The number of alkyl halides is 1. The number of hydrogen-bond donors (Lipinski definition) is 0. The van der Waals surface area contributed by atoms with Gasteiger partial charge < -0.3 is 19.1 Å². The first kappa shape index (κ1) is 19.3. The fourth-order valence-electron chi connectivity index (χ4n) is 3.52. The van der Waals surface area contributed by atoms with Gasteiger partial charge in [0.05, 0.1) is 18.4 Å². The second-order valence-electron chi connectivity index (χ2n) is 7.41. The topological polar surface area (TPSA) is 96.6 Å². The number of ether oxygens (including phenoxy) is 1. The number of amides is 2. The standard InChI is InChI=1S/C19H22FN5O4/c1-23-10-12(13(29-2)9-14(23)26)18(28)24-5-7-25(8-6-24)19-21-16(11-3-4-11)15(20)17(27)22-19/h9-11,15H,3-8H2,1-2H3. The van der Waals surface area contributed by atoms with Crippen LogP contribution in [0.1, 0.15) is 23.2 Å². The number of nitrogens with zero attached hydrogens (tertiary/aromatic N) is 5. The van der Waals surface area contributed by atoms with Crippen molar-refractivity contribution in [2.24, 2.45) is 23.0 Å². The summed E-state index contributed by atoms with van der Waals surface area (Å²) < 4.78 is 20.6. The summed E-state index contributed by atoms with van der Waals surface area (Å²) in [6.07, 6.45) is 1.44. The molecular formula is C19H22FN5O4. The van der Waals surface area contributed by atoms with Crippen LogP contribution in [0.15, 0.2) is 27.0 Å². The number of aromatic nitrogens is 1. The molecule has 2 fully saturated rings. The van der Waals surface area contributed by atoms with Crippen LogP contribution in [0.2, 0.25) is 0 Å². The first-order chi connectivity index (χ1) is 13.9. The summed E-state index contributed by atoms with van der Waals surface area (Å²) in [5.41, 5.74) is 0.328. The summed E-state index contributed by atoms with van der Waals surface area (Å²) >= 11 is 0. The molecule has 9 nitrogen and oxygen atoms in total. The van der Waals surface area contributed by atoms with Gasteiger partial charge in [-0.15, -0.1) is 0 Å². The lowest BCUT2D eigenvalue weighted by atomic mass is 10.1. The van der Waals surface area contributed by atoms with Crippen LogP contribution < -0.4 is 10.3 Å². The van der Waals surface area contributed by atoms with Crippen LogP contribution in [0.3, 0.4) is 0 Å². The van der Waals surface area contributed by atoms with E-state index in [1.165, 1.54) is 23.9 Å². The number of hydrogen-bond acceptors (Lipinski definition) is 6. The maximum Gasteiger partial charge on any atom is 0.289 e. The molecule has 1 aliphatic carbocycles. The number of aliphatic imine (C=N–C) groups is 2. The molecule has 1 unspecified atom stereocenters. The zero-order chi connectivity index (χ0) is 20.7. The molecule has 1 atom stereocenters. The molecule has 3 aliphatic rings. The number of aryl methyl sites for hydroxylation is 1. The third-order valence-corrected chi connectivity index (χ3v) is 5.40. The molecule has 0 aromatic carbocycles. The Bertz CT molecular complexity index is 973. The van der Waals surface area contributed by atoms with Gasteiger partial charge in [0.2, 0.25) is 12.1 Å². The van der Waals surface area contributed by atoms with Gasteiger partial charge in [-0.3, -0.25) is 14.4 Å². The van der Waals surface area contributed by atoms with Crippen molar-refractivity contribution in [1.29, 1.82) is 0 Å². The SMILES string of the molecule is COc1cc(=O)n(C)cc1C(=O)N1CCN(C2=NC(=O)C(F)C(C3CC3)=N2)CC1. The van der Waals surface area contributed by atoms with Crippen molar-refractivity contribution < 1.29 is 18.7 Å². The molecule has 1 saturated carbocycles. The smallest absolute Gasteiger partial charge is 0.289 e. The monoisotopic (exact) mass is 403 g/mol. The van der Waals surface area contributed by atoms with E-state index in [2.05, 4.69) is 9.98 Å². The number of pyridine rings is 1. The summed E-state index contributed by atoms with van der Waals surface area (Å²) in [5, 5.41) is 0. The summed E-state index contributed by atoms with van der Waals surface area (Å²) in [4.78, 5) is 48.2. The third kappa shape index (κ3) is 3.66. The van der Waals surface area contributed by atoms with E-state index in [1.807, 2.05) is 0 Å². The molecule has 29 heavy (non-hydrogen) atoms. The highest BCUT2D eigenvalue weighted by Crippen LogP contribution is 2.34. The van der Waals surface area contributed by atoms with Crippen LogP contribution in [0, 0.1) is 5.92 Å². The highest BCUT2D eigenvalue weighted by atomic mass is 19.1. The quantitative estimate of drug-likeness (QED) is 0.720. The Hall–Kier alpha value is -3.04. The normalized spacial score (nSPS) is 22.3. The molecule has 1 aromatic rings. The van der Waals surface area contributed by atoms with E-state index in [9.17, 15) is 18.8 Å². The lowest BCUT2D eigenvalue weighted by Crippen LogP contribution is -2.51. The van der Waals surface area contributed by atoms with Crippen LogP contribution in [0.5, 0.6) is 5.75 Å². The second kappa shape index (κ2) is 7.41. The molecule has 0 spiro atoms. The minimum Gasteiger partial charge on any atom is -0.496 e. The number of guanidine groups is 1. The molecule has 0 N–H and O–H groups in total. The molecule has 2 aliphatic heterocycles. The first-order valence-electron chi connectivity index (χ1n) is 9.53. The Morgan fingerprint density at radius 2 is 1.86 bits per heavy atom. The van der Waals surface area contributed by atoms with E-state index < -0.39 is 12.1 Å². The average molecular weight is 403 g/mol. The molecule has 154 valence electrons. The van der Waals surface area contributed by atoms with Gasteiger partial charge in [-0.05, 0) is 12.8 Å². The molecule has 0 bridgehead atoms. The number of halogens is 1. The van der Waals surface area contributed by atoms with Crippen LogP contribution in [-0.2, 0) is 11.8 Å². The first-order valence-corrected chi connectivity index (χ1v) is 9.53. The van der Waals surface area contributed by atoms with Crippen molar-refractivity contribution in [3.8, 4) is 5.75 Å². The maximum atomic E-state index is 14.1. The van der Waals surface area contributed by atoms with E-state index in [0.29, 0.717) is 31.7 Å². The van der Waals surface area contributed by atoms with Gasteiger partial charge in [0.25, 0.3) is 17.4 Å². The van der Waals surface area contributed by atoms with Gasteiger partial charge in [0, 0.05) is 51.4 Å². The number of carbonyl (C=O) groups excluding carboxylic acids is 2. The molecule has 0 radical (unpaired) electrons. The highest BCUT2D eigenvalue weighted by Gasteiger charge is 2.40. The van der Waals surface area contributed by atoms with E-state index >= 15 is 0 Å². The zero-order valence-corrected chi connectivity index (χ0v) is 16.3. The van der Waals surface area contributed by atoms with Crippen LogP contribution >= 0.6 is 0 Å². The van der Waals surface area contributed by atoms with E-state index in [-0.39, 0.29) is 34.8 Å². The largest absolute Gasteiger partial charge is 0.496 e. The minimum atomic E-state index is -1.73. The van der Waals surface area contributed by atoms with Gasteiger partial charge in [-0.25, -0.2) is 9.38 Å².